The zero-order valence-electron chi connectivity index (χ0n) is 8.41. The molecule has 0 aromatic heterocycles. The number of nitrogens with one attached hydrogen (secondary N) is 1. The third kappa shape index (κ3) is 4.09. The van der Waals surface area contributed by atoms with Crippen molar-refractivity contribution in [3.8, 4) is 0 Å². The van der Waals surface area contributed by atoms with Gasteiger partial charge in [0.2, 0.25) is 10.0 Å². The minimum Gasteiger partial charge on any atom is -0.212 e. The van der Waals surface area contributed by atoms with E-state index in [-0.39, 0.29) is 11.8 Å². The Labute approximate surface area is 81.0 Å². The quantitative estimate of drug-likeness (QED) is 0.714. The van der Waals surface area contributed by atoms with Crippen molar-refractivity contribution in [3.05, 3.63) is 0 Å². The fourth-order valence-corrected chi connectivity index (χ4v) is 2.33. The third-order valence-electron chi connectivity index (χ3n) is 2.53. The van der Waals surface area contributed by atoms with Gasteiger partial charge in [0.25, 0.3) is 0 Å². The van der Waals surface area contributed by atoms with Crippen molar-refractivity contribution < 1.29 is 8.42 Å². The molecule has 1 rings (SSSR count). The second-order valence-electron chi connectivity index (χ2n) is 3.81. The lowest BCUT2D eigenvalue weighted by Crippen LogP contribution is -2.35. The number of rotatable bonds is 6. The van der Waals surface area contributed by atoms with E-state index >= 15 is 0 Å². The standard InChI is InChI=1S/C9H19NO2S/c1-3-9(7-8-5-6-8)10-13(11,12)4-2/h8-10H,3-7H2,1-2H3. The average Bonchev–Trinajstić information content (AvgIpc) is 2.87. The number of hydrogen-bond donors (Lipinski definition) is 1. The topological polar surface area (TPSA) is 46.2 Å². The minimum absolute atomic E-state index is 0.164. The van der Waals surface area contributed by atoms with Gasteiger partial charge in [-0.15, -0.1) is 0 Å². The molecule has 0 spiro atoms. The van der Waals surface area contributed by atoms with E-state index in [2.05, 4.69) is 4.72 Å². The molecule has 0 aliphatic heterocycles. The maximum atomic E-state index is 11.3. The van der Waals surface area contributed by atoms with Crippen LogP contribution < -0.4 is 4.72 Å². The average molecular weight is 205 g/mol. The second kappa shape index (κ2) is 4.42. The van der Waals surface area contributed by atoms with Crippen LogP contribution in [0.3, 0.4) is 0 Å². The van der Waals surface area contributed by atoms with Crippen molar-refractivity contribution >= 4 is 10.0 Å². The van der Waals surface area contributed by atoms with E-state index in [1.807, 2.05) is 6.92 Å². The smallest absolute Gasteiger partial charge is 0.211 e. The Balaban J connectivity index is 2.37. The van der Waals surface area contributed by atoms with Crippen LogP contribution >= 0.6 is 0 Å². The molecule has 0 aromatic rings. The molecule has 1 aliphatic carbocycles. The lowest BCUT2D eigenvalue weighted by atomic mass is 10.1. The molecule has 1 atom stereocenters. The predicted octanol–water partition coefficient (Wildman–Crippen LogP) is 1.50. The van der Waals surface area contributed by atoms with E-state index in [1.54, 1.807) is 6.92 Å². The van der Waals surface area contributed by atoms with Crippen LogP contribution in [0.5, 0.6) is 0 Å². The first-order valence-corrected chi connectivity index (χ1v) is 6.72. The van der Waals surface area contributed by atoms with Crippen molar-refractivity contribution in [3.63, 3.8) is 0 Å². The van der Waals surface area contributed by atoms with Gasteiger partial charge < -0.3 is 0 Å². The zero-order valence-corrected chi connectivity index (χ0v) is 9.23. The van der Waals surface area contributed by atoms with Crippen molar-refractivity contribution in [2.45, 2.75) is 45.6 Å². The monoisotopic (exact) mass is 205 g/mol. The Hall–Kier alpha value is -0.0900. The van der Waals surface area contributed by atoms with E-state index in [1.165, 1.54) is 12.8 Å². The fourth-order valence-electron chi connectivity index (χ4n) is 1.39. The van der Waals surface area contributed by atoms with Gasteiger partial charge in [-0.1, -0.05) is 19.8 Å². The minimum atomic E-state index is -3.00. The highest BCUT2D eigenvalue weighted by Crippen LogP contribution is 2.34. The number of sulfonamides is 1. The van der Waals surface area contributed by atoms with E-state index < -0.39 is 10.0 Å². The first-order chi connectivity index (χ1) is 6.07. The normalized spacial score (nSPS) is 20.2. The van der Waals surface area contributed by atoms with E-state index in [4.69, 9.17) is 0 Å². The van der Waals surface area contributed by atoms with E-state index in [9.17, 15) is 8.42 Å². The zero-order chi connectivity index (χ0) is 9.90. The maximum absolute atomic E-state index is 11.3. The van der Waals surface area contributed by atoms with Gasteiger partial charge in [0.1, 0.15) is 0 Å². The van der Waals surface area contributed by atoms with Gasteiger partial charge in [-0.2, -0.15) is 0 Å². The maximum Gasteiger partial charge on any atom is 0.211 e. The van der Waals surface area contributed by atoms with Crippen molar-refractivity contribution in [1.82, 2.24) is 4.72 Å². The predicted molar refractivity (Wildman–Crippen MR) is 54.0 cm³/mol. The van der Waals surface area contributed by atoms with Gasteiger partial charge in [0, 0.05) is 6.04 Å². The number of hydrogen-bond acceptors (Lipinski definition) is 2. The Morgan fingerprint density at radius 2 is 2.00 bits per heavy atom. The Kier molecular flexibility index (Phi) is 3.74. The van der Waals surface area contributed by atoms with Gasteiger partial charge in [0.05, 0.1) is 5.75 Å². The molecule has 13 heavy (non-hydrogen) atoms. The summed E-state index contributed by atoms with van der Waals surface area (Å²) < 4.78 is 25.3. The molecule has 0 bridgehead atoms. The molecule has 4 heteroatoms. The van der Waals surface area contributed by atoms with Crippen LogP contribution in [0.2, 0.25) is 0 Å². The van der Waals surface area contributed by atoms with Crippen LogP contribution in [0.1, 0.15) is 39.5 Å². The fraction of sp³-hybridized carbons (Fsp3) is 1.00. The van der Waals surface area contributed by atoms with Gasteiger partial charge in [-0.05, 0) is 25.7 Å². The lowest BCUT2D eigenvalue weighted by molar-refractivity contribution is 0.496. The molecule has 1 aliphatic rings. The SMILES string of the molecule is CCC(CC1CC1)NS(=O)(=O)CC. The Bertz CT molecular complexity index is 244. The summed E-state index contributed by atoms with van der Waals surface area (Å²) in [5.41, 5.74) is 0. The van der Waals surface area contributed by atoms with Gasteiger partial charge in [-0.25, -0.2) is 13.1 Å². The highest BCUT2D eigenvalue weighted by molar-refractivity contribution is 7.89. The molecule has 0 aromatic carbocycles. The van der Waals surface area contributed by atoms with Crippen LogP contribution in [-0.2, 0) is 10.0 Å². The van der Waals surface area contributed by atoms with Crippen LogP contribution in [0.25, 0.3) is 0 Å². The molecule has 0 saturated heterocycles. The largest absolute Gasteiger partial charge is 0.212 e. The first-order valence-electron chi connectivity index (χ1n) is 5.07. The Morgan fingerprint density at radius 3 is 2.38 bits per heavy atom. The summed E-state index contributed by atoms with van der Waals surface area (Å²) in [6, 6.07) is 0.164. The Morgan fingerprint density at radius 1 is 1.38 bits per heavy atom. The highest BCUT2D eigenvalue weighted by Gasteiger charge is 2.26. The van der Waals surface area contributed by atoms with Crippen LogP contribution in [0.15, 0.2) is 0 Å². The molecule has 3 nitrogen and oxygen atoms in total. The van der Waals surface area contributed by atoms with Gasteiger partial charge >= 0.3 is 0 Å². The summed E-state index contributed by atoms with van der Waals surface area (Å²) in [5, 5.41) is 0. The summed E-state index contributed by atoms with van der Waals surface area (Å²) in [6.07, 6.45) is 4.49. The van der Waals surface area contributed by atoms with Crippen molar-refractivity contribution in [1.29, 1.82) is 0 Å². The highest BCUT2D eigenvalue weighted by atomic mass is 32.2. The third-order valence-corrected chi connectivity index (χ3v) is 3.99. The van der Waals surface area contributed by atoms with Crippen molar-refractivity contribution in [2.24, 2.45) is 5.92 Å². The lowest BCUT2D eigenvalue weighted by Gasteiger charge is -2.15. The van der Waals surface area contributed by atoms with Gasteiger partial charge in [-0.3, -0.25) is 0 Å². The molecule has 0 amide bonds. The summed E-state index contributed by atoms with van der Waals surface area (Å²) in [7, 11) is -3.00. The molecule has 1 N–H and O–H groups in total. The molecule has 1 saturated carbocycles. The van der Waals surface area contributed by atoms with Crippen molar-refractivity contribution in [2.75, 3.05) is 5.75 Å². The van der Waals surface area contributed by atoms with Crippen LogP contribution in [-0.4, -0.2) is 20.2 Å². The summed E-state index contributed by atoms with van der Waals surface area (Å²) >= 11 is 0. The molecule has 1 fully saturated rings. The van der Waals surface area contributed by atoms with E-state index in [0.717, 1.165) is 18.8 Å². The molecule has 78 valence electrons. The summed E-state index contributed by atoms with van der Waals surface area (Å²) in [4.78, 5) is 0. The van der Waals surface area contributed by atoms with E-state index in [0.29, 0.717) is 0 Å². The van der Waals surface area contributed by atoms with Crippen LogP contribution in [0, 0.1) is 5.92 Å². The molecule has 0 radical (unpaired) electrons. The molecular weight excluding hydrogens is 186 g/mol. The van der Waals surface area contributed by atoms with Gasteiger partial charge in [0.15, 0.2) is 0 Å². The molecule has 1 unspecified atom stereocenters. The molecule has 0 heterocycles. The van der Waals surface area contributed by atoms with Crippen LogP contribution in [0.4, 0.5) is 0 Å². The summed E-state index contributed by atoms with van der Waals surface area (Å²) in [5.74, 6) is 0.971. The summed E-state index contributed by atoms with van der Waals surface area (Å²) in [6.45, 7) is 3.71. The molecular formula is C9H19NO2S. The first kappa shape index (κ1) is 11.0. The second-order valence-corrected chi connectivity index (χ2v) is 5.85.